The number of nitrogens with one attached hydrogen (secondary N) is 1. The van der Waals surface area contributed by atoms with E-state index < -0.39 is 17.6 Å². The highest BCUT2D eigenvalue weighted by molar-refractivity contribution is 5.93. The van der Waals surface area contributed by atoms with E-state index >= 15 is 4.39 Å². The van der Waals surface area contributed by atoms with Gasteiger partial charge in [-0.3, -0.25) is 0 Å². The number of rotatable bonds is 7. The van der Waals surface area contributed by atoms with Crippen molar-refractivity contribution in [2.45, 2.75) is 19.4 Å². The number of methoxy groups -OCH3 is 1. The minimum Gasteiger partial charge on any atom is -0.473 e. The molecule has 43 heavy (non-hydrogen) atoms. The zero-order chi connectivity index (χ0) is 30.3. The van der Waals surface area contributed by atoms with Crippen molar-refractivity contribution in [2.24, 2.45) is 7.05 Å². The topological polar surface area (TPSA) is 102 Å². The summed E-state index contributed by atoms with van der Waals surface area (Å²) in [6, 6.07) is 21.1. The fourth-order valence-electron chi connectivity index (χ4n) is 4.38. The Bertz CT molecular complexity index is 1820. The number of halogens is 2. The van der Waals surface area contributed by atoms with Crippen molar-refractivity contribution in [3.8, 4) is 23.2 Å². The molecule has 0 atom stereocenters. The lowest BCUT2D eigenvalue weighted by molar-refractivity contribution is 0.0601. The second kappa shape index (κ2) is 13.2. The van der Waals surface area contributed by atoms with Gasteiger partial charge in [-0.25, -0.2) is 23.5 Å². The Hall–Kier alpha value is -5.14. The molecule has 0 amide bonds. The van der Waals surface area contributed by atoms with Gasteiger partial charge in [0.15, 0.2) is 0 Å². The van der Waals surface area contributed by atoms with E-state index in [-0.39, 0.29) is 24.5 Å². The van der Waals surface area contributed by atoms with Crippen LogP contribution in [0.15, 0.2) is 72.8 Å². The van der Waals surface area contributed by atoms with Crippen molar-refractivity contribution >= 4 is 17.0 Å². The van der Waals surface area contributed by atoms with Gasteiger partial charge in [0, 0.05) is 30.7 Å². The summed E-state index contributed by atoms with van der Waals surface area (Å²) in [5.41, 5.74) is 3.87. The van der Waals surface area contributed by atoms with E-state index in [1.807, 2.05) is 17.7 Å². The summed E-state index contributed by atoms with van der Waals surface area (Å²) in [5.74, 6) is -0.491. The standard InChI is InChI=1S/C30H22F2N4O3.C3H7N/c1-36-27-14-21(30(37)38-2)10-11-26(27)34-28(36)15-19-8-9-20(13-24(19)32)25-4-3-5-29(35-25)39-17-22-7-6-18(16-33)12-23(22)31;1-2-4-3-1/h3-14H,15,17H2,1-2H3;4H,1-3H2. The molecule has 0 saturated carbocycles. The van der Waals surface area contributed by atoms with Gasteiger partial charge >= 0.3 is 5.97 Å². The van der Waals surface area contributed by atoms with Gasteiger partial charge < -0.3 is 19.4 Å². The highest BCUT2D eigenvalue weighted by Gasteiger charge is 2.15. The van der Waals surface area contributed by atoms with Gasteiger partial charge in [-0.1, -0.05) is 24.3 Å². The van der Waals surface area contributed by atoms with Crippen molar-refractivity contribution in [3.05, 3.63) is 113 Å². The number of carbonyl (C=O) groups excluding carboxylic acids is 1. The molecule has 2 aromatic heterocycles. The molecule has 10 heteroatoms. The van der Waals surface area contributed by atoms with Crippen LogP contribution >= 0.6 is 0 Å². The Labute approximate surface area is 247 Å². The highest BCUT2D eigenvalue weighted by Crippen LogP contribution is 2.25. The second-order valence-electron chi connectivity index (χ2n) is 9.94. The van der Waals surface area contributed by atoms with E-state index in [0.717, 1.165) is 11.6 Å². The maximum Gasteiger partial charge on any atom is 0.337 e. The predicted octanol–water partition coefficient (Wildman–Crippen LogP) is 5.72. The number of pyridine rings is 1. The van der Waals surface area contributed by atoms with Gasteiger partial charge in [-0.15, -0.1) is 0 Å². The zero-order valence-electron chi connectivity index (χ0n) is 23.7. The number of hydrogen-bond donors (Lipinski definition) is 1. The lowest BCUT2D eigenvalue weighted by Gasteiger charge is -2.10. The fourth-order valence-corrected chi connectivity index (χ4v) is 4.38. The van der Waals surface area contributed by atoms with Crippen molar-refractivity contribution < 1.29 is 23.0 Å². The molecule has 1 N–H and O–H groups in total. The van der Waals surface area contributed by atoms with E-state index in [1.165, 1.54) is 44.8 Å². The third kappa shape index (κ3) is 6.85. The molecule has 0 aliphatic carbocycles. The smallest absolute Gasteiger partial charge is 0.337 e. The average Bonchev–Trinajstić information content (AvgIpc) is 3.30. The van der Waals surface area contributed by atoms with Crippen LogP contribution in [0.25, 0.3) is 22.3 Å². The number of hydrogen-bond acceptors (Lipinski definition) is 7. The van der Waals surface area contributed by atoms with Crippen LogP contribution in [0.4, 0.5) is 8.78 Å². The fraction of sp³-hybridized carbons (Fsp3) is 0.212. The molecule has 1 fully saturated rings. The van der Waals surface area contributed by atoms with E-state index in [9.17, 15) is 9.18 Å². The summed E-state index contributed by atoms with van der Waals surface area (Å²) >= 11 is 0. The monoisotopic (exact) mass is 581 g/mol. The van der Waals surface area contributed by atoms with Crippen LogP contribution in [-0.4, -0.2) is 40.7 Å². The van der Waals surface area contributed by atoms with Crippen LogP contribution < -0.4 is 10.1 Å². The van der Waals surface area contributed by atoms with E-state index in [0.29, 0.717) is 39.3 Å². The molecule has 1 aliphatic heterocycles. The highest BCUT2D eigenvalue weighted by atomic mass is 19.1. The molecule has 0 radical (unpaired) electrons. The molecule has 6 rings (SSSR count). The maximum absolute atomic E-state index is 15.2. The van der Waals surface area contributed by atoms with Gasteiger partial charge in [0.05, 0.1) is 41.0 Å². The quantitative estimate of drug-likeness (QED) is 0.245. The summed E-state index contributed by atoms with van der Waals surface area (Å²) < 4.78 is 41.6. The summed E-state index contributed by atoms with van der Waals surface area (Å²) in [5, 5.41) is 12.0. The molecule has 218 valence electrons. The number of carbonyl (C=O) groups is 1. The first-order valence-electron chi connectivity index (χ1n) is 13.7. The van der Waals surface area contributed by atoms with Crippen LogP contribution in [-0.2, 0) is 24.8 Å². The Morgan fingerprint density at radius 3 is 2.42 bits per heavy atom. The number of esters is 1. The predicted molar refractivity (Wildman–Crippen MR) is 157 cm³/mol. The van der Waals surface area contributed by atoms with E-state index in [2.05, 4.69) is 15.3 Å². The average molecular weight is 582 g/mol. The van der Waals surface area contributed by atoms with Crippen molar-refractivity contribution in [3.63, 3.8) is 0 Å². The molecular weight excluding hydrogens is 552 g/mol. The molecular formula is C33H29F2N5O3. The Morgan fingerprint density at radius 1 is 1.00 bits per heavy atom. The molecule has 5 aromatic rings. The van der Waals surface area contributed by atoms with Crippen LogP contribution in [0.5, 0.6) is 5.88 Å². The SMILES string of the molecule is C1CNC1.COC(=O)c1ccc2nc(Cc3ccc(-c4cccc(OCc5ccc(C#N)cc5F)n4)cc3F)n(C)c2c1. The minimum atomic E-state index is -0.535. The first-order chi connectivity index (χ1) is 20.9. The minimum absolute atomic E-state index is 0.0690. The summed E-state index contributed by atoms with van der Waals surface area (Å²) in [6.45, 7) is 2.43. The van der Waals surface area contributed by atoms with Gasteiger partial charge in [-0.2, -0.15) is 5.26 Å². The van der Waals surface area contributed by atoms with Gasteiger partial charge in [-0.05, 0) is 67.5 Å². The number of nitriles is 1. The normalized spacial score (nSPS) is 12.1. The first kappa shape index (κ1) is 29.4. The number of benzene rings is 3. The van der Waals surface area contributed by atoms with Gasteiger partial charge in [0.1, 0.15) is 24.1 Å². The lowest BCUT2D eigenvalue weighted by atomic mass is 10.1. The van der Waals surface area contributed by atoms with Crippen LogP contribution in [0.2, 0.25) is 0 Å². The third-order valence-corrected chi connectivity index (χ3v) is 7.08. The number of fused-ring (bicyclic) bond motifs is 1. The number of aryl methyl sites for hydroxylation is 1. The molecule has 0 bridgehead atoms. The van der Waals surface area contributed by atoms with Gasteiger partial charge in [0.25, 0.3) is 0 Å². The molecule has 3 heterocycles. The zero-order valence-corrected chi connectivity index (χ0v) is 23.7. The van der Waals surface area contributed by atoms with E-state index in [1.54, 1.807) is 48.5 Å². The van der Waals surface area contributed by atoms with Crippen LogP contribution in [0.1, 0.15) is 39.3 Å². The maximum atomic E-state index is 15.2. The van der Waals surface area contributed by atoms with Crippen LogP contribution in [0.3, 0.4) is 0 Å². The number of nitrogens with zero attached hydrogens (tertiary/aromatic N) is 4. The molecule has 1 aliphatic rings. The molecule has 0 spiro atoms. The van der Waals surface area contributed by atoms with E-state index in [4.69, 9.17) is 14.7 Å². The van der Waals surface area contributed by atoms with Crippen molar-refractivity contribution in [1.29, 1.82) is 5.26 Å². The lowest BCUT2D eigenvalue weighted by Crippen LogP contribution is -2.29. The Morgan fingerprint density at radius 2 is 1.74 bits per heavy atom. The number of imidazole rings is 1. The summed E-state index contributed by atoms with van der Waals surface area (Å²) in [4.78, 5) is 20.9. The largest absolute Gasteiger partial charge is 0.473 e. The Balaban J connectivity index is 0.000000850. The number of ether oxygens (including phenoxy) is 2. The van der Waals surface area contributed by atoms with Crippen molar-refractivity contribution in [2.75, 3.05) is 20.2 Å². The summed E-state index contributed by atoms with van der Waals surface area (Å²) in [6.07, 6.45) is 1.64. The molecule has 0 unspecified atom stereocenters. The van der Waals surface area contributed by atoms with Gasteiger partial charge in [0.2, 0.25) is 5.88 Å². The van der Waals surface area contributed by atoms with Crippen LogP contribution in [0, 0.1) is 23.0 Å². The first-order valence-corrected chi connectivity index (χ1v) is 13.7. The molecule has 1 saturated heterocycles. The Kier molecular flexibility index (Phi) is 9.03. The van der Waals surface area contributed by atoms with Crippen molar-refractivity contribution in [1.82, 2.24) is 19.9 Å². The third-order valence-electron chi connectivity index (χ3n) is 7.08. The number of aromatic nitrogens is 3. The summed E-state index contributed by atoms with van der Waals surface area (Å²) in [7, 11) is 3.14. The molecule has 8 nitrogen and oxygen atoms in total. The molecule has 3 aromatic carbocycles. The second-order valence-corrected chi connectivity index (χ2v) is 9.94.